The smallest absolute Gasteiger partial charge is 0.318 e. The highest BCUT2D eigenvalue weighted by Crippen LogP contribution is 2.31. The molecule has 0 spiro atoms. The number of hydrogen-bond acceptors (Lipinski definition) is 6. The van der Waals surface area contributed by atoms with Gasteiger partial charge in [0.05, 0.1) is 24.2 Å². The summed E-state index contributed by atoms with van der Waals surface area (Å²) in [4.78, 5) is 12.6. The van der Waals surface area contributed by atoms with Gasteiger partial charge in [-0.05, 0) is 18.2 Å². The lowest BCUT2D eigenvalue weighted by Crippen LogP contribution is -2.03. The molecule has 0 aliphatic carbocycles. The maximum atomic E-state index is 15.2. The molecule has 7 nitrogen and oxygen atoms in total. The predicted molar refractivity (Wildman–Crippen MR) is 87.6 cm³/mol. The summed E-state index contributed by atoms with van der Waals surface area (Å²) in [7, 11) is 3.13. The number of fused-ring (bicyclic) bond motifs is 2. The van der Waals surface area contributed by atoms with E-state index in [1.54, 1.807) is 48.4 Å². The summed E-state index contributed by atoms with van der Waals surface area (Å²) in [5.41, 5.74) is 1.75. The number of anilines is 1. The number of methoxy groups -OCH3 is 1. The molecule has 120 valence electrons. The Bertz CT molecular complexity index is 1060. The van der Waals surface area contributed by atoms with Crippen LogP contribution in [0.25, 0.3) is 27.7 Å². The van der Waals surface area contributed by atoms with Gasteiger partial charge in [-0.1, -0.05) is 0 Å². The molecule has 4 heterocycles. The Kier molecular flexibility index (Phi) is 3.23. The topological polar surface area (TPSA) is 77.2 Å². The van der Waals surface area contributed by atoms with Crippen molar-refractivity contribution in [3.63, 3.8) is 0 Å². The van der Waals surface area contributed by atoms with Gasteiger partial charge in [0.1, 0.15) is 17.0 Å². The minimum absolute atomic E-state index is 0.0884. The van der Waals surface area contributed by atoms with E-state index in [0.29, 0.717) is 16.8 Å². The standard InChI is InChI=1S/C16H13FN6O/c1-18-15-10-8-19-13(12(17)14(10)21-16(22-15)24-2)9-4-3-7-23-11(9)5-6-20-23/h3-8H,1-2H3,(H,18,21,22). The summed E-state index contributed by atoms with van der Waals surface area (Å²) in [6.07, 6.45) is 5.00. The van der Waals surface area contributed by atoms with Gasteiger partial charge >= 0.3 is 6.01 Å². The van der Waals surface area contributed by atoms with Crippen molar-refractivity contribution in [2.24, 2.45) is 0 Å². The third-order valence-corrected chi connectivity index (χ3v) is 3.77. The molecule has 0 bridgehead atoms. The van der Waals surface area contributed by atoms with Crippen molar-refractivity contribution in [1.82, 2.24) is 24.6 Å². The molecule has 0 saturated heterocycles. The van der Waals surface area contributed by atoms with Crippen molar-refractivity contribution in [2.75, 3.05) is 19.5 Å². The summed E-state index contributed by atoms with van der Waals surface area (Å²) < 4.78 is 21.9. The quantitative estimate of drug-likeness (QED) is 0.624. The van der Waals surface area contributed by atoms with Crippen LogP contribution in [0.15, 0.2) is 36.8 Å². The first kappa shape index (κ1) is 14.3. The zero-order valence-electron chi connectivity index (χ0n) is 13.0. The monoisotopic (exact) mass is 324 g/mol. The molecule has 4 aromatic heterocycles. The van der Waals surface area contributed by atoms with Crippen molar-refractivity contribution in [2.45, 2.75) is 0 Å². The second-order valence-corrected chi connectivity index (χ2v) is 5.07. The molecule has 0 saturated carbocycles. The predicted octanol–water partition coefficient (Wildman–Crippen LogP) is 2.53. The average molecular weight is 324 g/mol. The van der Waals surface area contributed by atoms with E-state index in [9.17, 15) is 0 Å². The Hall–Kier alpha value is -3.29. The highest BCUT2D eigenvalue weighted by Gasteiger charge is 2.18. The molecule has 8 heteroatoms. The van der Waals surface area contributed by atoms with Crippen LogP contribution < -0.4 is 10.1 Å². The number of hydrogen-bond donors (Lipinski definition) is 1. The Balaban J connectivity index is 2.04. The summed E-state index contributed by atoms with van der Waals surface area (Å²) in [5, 5.41) is 7.55. The summed E-state index contributed by atoms with van der Waals surface area (Å²) in [6, 6.07) is 5.48. The molecule has 24 heavy (non-hydrogen) atoms. The molecular formula is C16H13FN6O. The minimum Gasteiger partial charge on any atom is -0.467 e. The third-order valence-electron chi connectivity index (χ3n) is 3.77. The second kappa shape index (κ2) is 5.41. The first-order valence-electron chi connectivity index (χ1n) is 7.23. The first-order chi connectivity index (χ1) is 11.7. The van der Waals surface area contributed by atoms with Gasteiger partial charge < -0.3 is 10.1 Å². The molecule has 4 rings (SSSR count). The van der Waals surface area contributed by atoms with Crippen LogP contribution >= 0.6 is 0 Å². The number of nitrogens with zero attached hydrogens (tertiary/aromatic N) is 5. The zero-order chi connectivity index (χ0) is 16.7. The van der Waals surface area contributed by atoms with Crippen molar-refractivity contribution in [3.8, 4) is 17.3 Å². The van der Waals surface area contributed by atoms with Crippen LogP contribution in [-0.2, 0) is 0 Å². The van der Waals surface area contributed by atoms with Crippen LogP contribution in [0.4, 0.5) is 10.2 Å². The van der Waals surface area contributed by atoms with Gasteiger partial charge in [-0.2, -0.15) is 15.1 Å². The lowest BCUT2D eigenvalue weighted by molar-refractivity contribution is 0.382. The van der Waals surface area contributed by atoms with Gasteiger partial charge in [-0.15, -0.1) is 0 Å². The number of aromatic nitrogens is 5. The van der Waals surface area contributed by atoms with Crippen LogP contribution in [0.5, 0.6) is 6.01 Å². The Morgan fingerprint density at radius 3 is 2.92 bits per heavy atom. The number of halogens is 1. The molecule has 0 fully saturated rings. The normalized spacial score (nSPS) is 11.1. The Morgan fingerprint density at radius 1 is 1.25 bits per heavy atom. The molecule has 0 atom stereocenters. The van der Waals surface area contributed by atoms with E-state index in [-0.39, 0.29) is 17.2 Å². The zero-order valence-corrected chi connectivity index (χ0v) is 13.0. The van der Waals surface area contributed by atoms with Crippen LogP contribution in [0.1, 0.15) is 0 Å². The van der Waals surface area contributed by atoms with Gasteiger partial charge in [0.2, 0.25) is 0 Å². The molecule has 0 aliphatic rings. The summed E-state index contributed by atoms with van der Waals surface area (Å²) in [6.45, 7) is 0. The van der Waals surface area contributed by atoms with E-state index in [1.165, 1.54) is 7.11 Å². The molecule has 0 amide bonds. The van der Waals surface area contributed by atoms with Crippen LogP contribution in [0.2, 0.25) is 0 Å². The highest BCUT2D eigenvalue weighted by molar-refractivity contribution is 5.92. The van der Waals surface area contributed by atoms with Gasteiger partial charge in [-0.3, -0.25) is 4.98 Å². The fraction of sp³-hybridized carbons (Fsp3) is 0.125. The fourth-order valence-corrected chi connectivity index (χ4v) is 2.66. The molecule has 0 aliphatic heterocycles. The Labute approximate surface area is 136 Å². The molecular weight excluding hydrogens is 311 g/mol. The molecule has 4 aromatic rings. The fourth-order valence-electron chi connectivity index (χ4n) is 2.66. The van der Waals surface area contributed by atoms with E-state index >= 15 is 4.39 Å². The van der Waals surface area contributed by atoms with E-state index in [0.717, 1.165) is 5.52 Å². The minimum atomic E-state index is -0.529. The molecule has 0 unspecified atom stereocenters. The molecule has 0 radical (unpaired) electrons. The van der Waals surface area contributed by atoms with E-state index in [2.05, 4.69) is 25.4 Å². The van der Waals surface area contributed by atoms with Crippen LogP contribution in [0.3, 0.4) is 0 Å². The number of pyridine rings is 2. The van der Waals surface area contributed by atoms with Gasteiger partial charge in [-0.25, -0.2) is 8.91 Å². The third kappa shape index (κ3) is 2.03. The van der Waals surface area contributed by atoms with Crippen molar-refractivity contribution in [3.05, 3.63) is 42.6 Å². The summed E-state index contributed by atoms with van der Waals surface area (Å²) >= 11 is 0. The van der Waals surface area contributed by atoms with Gasteiger partial charge in [0.25, 0.3) is 0 Å². The number of ether oxygens (including phenoxy) is 1. The Morgan fingerprint density at radius 2 is 2.12 bits per heavy atom. The largest absolute Gasteiger partial charge is 0.467 e. The maximum absolute atomic E-state index is 15.2. The number of rotatable bonds is 3. The van der Waals surface area contributed by atoms with Crippen LogP contribution in [-0.4, -0.2) is 38.7 Å². The molecule has 1 N–H and O–H groups in total. The highest BCUT2D eigenvalue weighted by atomic mass is 19.1. The maximum Gasteiger partial charge on any atom is 0.318 e. The van der Waals surface area contributed by atoms with E-state index in [1.807, 2.05) is 0 Å². The van der Waals surface area contributed by atoms with Gasteiger partial charge in [0.15, 0.2) is 5.82 Å². The SMILES string of the molecule is CNc1nc(OC)nc2c(F)c(-c3cccn4nccc34)ncc12. The van der Waals surface area contributed by atoms with Crippen molar-refractivity contribution >= 4 is 22.2 Å². The van der Waals surface area contributed by atoms with Crippen molar-refractivity contribution in [1.29, 1.82) is 0 Å². The van der Waals surface area contributed by atoms with E-state index < -0.39 is 5.82 Å². The average Bonchev–Trinajstić information content (AvgIpc) is 3.10. The number of nitrogens with one attached hydrogen (secondary N) is 1. The second-order valence-electron chi connectivity index (χ2n) is 5.07. The van der Waals surface area contributed by atoms with Crippen LogP contribution in [0, 0.1) is 5.82 Å². The lowest BCUT2D eigenvalue weighted by atomic mass is 10.1. The summed E-state index contributed by atoms with van der Waals surface area (Å²) in [5.74, 6) is -0.0728. The van der Waals surface area contributed by atoms with E-state index in [4.69, 9.17) is 4.74 Å². The van der Waals surface area contributed by atoms with Crippen molar-refractivity contribution < 1.29 is 9.13 Å². The lowest BCUT2D eigenvalue weighted by Gasteiger charge is -2.10. The molecule has 0 aromatic carbocycles. The first-order valence-corrected chi connectivity index (χ1v) is 7.23. The van der Waals surface area contributed by atoms with Gasteiger partial charge in [0, 0.05) is 25.0 Å².